The summed E-state index contributed by atoms with van der Waals surface area (Å²) in [5.41, 5.74) is 0.820. The van der Waals surface area contributed by atoms with Crippen molar-refractivity contribution in [3.63, 3.8) is 0 Å². The Morgan fingerprint density at radius 3 is 2.57 bits per heavy atom. The van der Waals surface area contributed by atoms with E-state index in [0.717, 1.165) is 12.8 Å². The van der Waals surface area contributed by atoms with Gasteiger partial charge < -0.3 is 10.6 Å². The van der Waals surface area contributed by atoms with E-state index in [9.17, 15) is 9.18 Å². The monoisotopic (exact) mass is 314 g/mol. The first kappa shape index (κ1) is 15.4. The molecule has 0 bridgehead atoms. The van der Waals surface area contributed by atoms with Crippen LogP contribution in [0.3, 0.4) is 0 Å². The summed E-state index contributed by atoms with van der Waals surface area (Å²) >= 11 is 0. The van der Waals surface area contributed by atoms with Gasteiger partial charge in [-0.05, 0) is 44.0 Å². The van der Waals surface area contributed by atoms with Crippen molar-refractivity contribution in [3.8, 4) is 0 Å². The summed E-state index contributed by atoms with van der Waals surface area (Å²) < 4.78 is 12.9. The van der Waals surface area contributed by atoms with E-state index in [4.69, 9.17) is 0 Å². The lowest BCUT2D eigenvalue weighted by atomic mass is 10.2. The van der Waals surface area contributed by atoms with Crippen molar-refractivity contribution in [1.29, 1.82) is 0 Å². The van der Waals surface area contributed by atoms with E-state index in [-0.39, 0.29) is 11.7 Å². The third kappa shape index (κ3) is 4.03. The van der Waals surface area contributed by atoms with E-state index in [2.05, 4.69) is 20.6 Å². The summed E-state index contributed by atoms with van der Waals surface area (Å²) in [5.74, 6) is 0.534. The fourth-order valence-corrected chi connectivity index (χ4v) is 2.77. The van der Waals surface area contributed by atoms with Gasteiger partial charge in [0.15, 0.2) is 0 Å². The molecule has 1 aromatic heterocycles. The summed E-state index contributed by atoms with van der Waals surface area (Å²) in [5, 5.41) is 6.08. The third-order valence-corrected chi connectivity index (χ3v) is 3.88. The number of nitrogens with one attached hydrogen (secondary N) is 2. The lowest BCUT2D eigenvalue weighted by molar-refractivity contribution is 0.102. The molecule has 120 valence electrons. The normalized spacial score (nSPS) is 14.7. The predicted molar refractivity (Wildman–Crippen MR) is 87.0 cm³/mol. The number of hydrogen-bond donors (Lipinski definition) is 2. The van der Waals surface area contributed by atoms with Crippen molar-refractivity contribution >= 4 is 17.4 Å². The summed E-state index contributed by atoms with van der Waals surface area (Å²) in [4.78, 5) is 20.8. The van der Waals surface area contributed by atoms with E-state index >= 15 is 0 Å². The number of halogens is 1. The highest BCUT2D eigenvalue weighted by Crippen LogP contribution is 2.22. The molecule has 1 aliphatic rings. The Kier molecular flexibility index (Phi) is 4.50. The average Bonchev–Trinajstić information content (AvgIpc) is 3.02. The number of rotatable bonds is 4. The molecule has 0 spiro atoms. The van der Waals surface area contributed by atoms with Gasteiger partial charge in [0.1, 0.15) is 23.2 Å². The zero-order chi connectivity index (χ0) is 16.2. The van der Waals surface area contributed by atoms with Gasteiger partial charge in [0, 0.05) is 17.8 Å². The first-order valence-corrected chi connectivity index (χ1v) is 7.79. The Hall–Kier alpha value is -2.50. The molecule has 1 fully saturated rings. The largest absolute Gasteiger partial charge is 0.367 e. The quantitative estimate of drug-likeness (QED) is 0.906. The fourth-order valence-electron chi connectivity index (χ4n) is 2.77. The molecule has 1 saturated carbocycles. The van der Waals surface area contributed by atoms with Gasteiger partial charge in [0.25, 0.3) is 5.91 Å². The van der Waals surface area contributed by atoms with E-state index in [0.29, 0.717) is 29.1 Å². The van der Waals surface area contributed by atoms with Crippen LogP contribution in [0.4, 0.5) is 15.9 Å². The van der Waals surface area contributed by atoms with Crippen molar-refractivity contribution in [2.24, 2.45) is 0 Å². The van der Waals surface area contributed by atoms with Crippen molar-refractivity contribution in [2.75, 3.05) is 10.6 Å². The van der Waals surface area contributed by atoms with Crippen LogP contribution in [-0.4, -0.2) is 21.9 Å². The number of aromatic nitrogens is 2. The number of carbonyl (C=O) groups excluding carboxylic acids is 1. The van der Waals surface area contributed by atoms with Crippen LogP contribution in [-0.2, 0) is 0 Å². The Morgan fingerprint density at radius 1 is 1.17 bits per heavy atom. The molecule has 2 N–H and O–H groups in total. The zero-order valence-electron chi connectivity index (χ0n) is 13.0. The molecular formula is C17H19FN4O. The molecule has 5 nitrogen and oxygen atoms in total. The first-order chi connectivity index (χ1) is 11.1. The Morgan fingerprint density at radius 2 is 1.87 bits per heavy atom. The minimum absolute atomic E-state index is 0.294. The van der Waals surface area contributed by atoms with Gasteiger partial charge in [-0.1, -0.05) is 12.8 Å². The number of aryl methyl sites for hydroxylation is 1. The van der Waals surface area contributed by atoms with Gasteiger partial charge in [-0.15, -0.1) is 0 Å². The van der Waals surface area contributed by atoms with Crippen LogP contribution < -0.4 is 10.6 Å². The minimum Gasteiger partial charge on any atom is -0.367 e. The molecule has 1 heterocycles. The summed E-state index contributed by atoms with van der Waals surface area (Å²) in [7, 11) is 0. The molecule has 23 heavy (non-hydrogen) atoms. The number of amides is 1. The topological polar surface area (TPSA) is 66.9 Å². The smallest absolute Gasteiger partial charge is 0.274 e. The van der Waals surface area contributed by atoms with Crippen molar-refractivity contribution in [2.45, 2.75) is 38.6 Å². The van der Waals surface area contributed by atoms with Gasteiger partial charge in [-0.2, -0.15) is 0 Å². The van der Waals surface area contributed by atoms with Gasteiger partial charge >= 0.3 is 0 Å². The van der Waals surface area contributed by atoms with Crippen LogP contribution in [0.25, 0.3) is 0 Å². The number of benzene rings is 1. The van der Waals surface area contributed by atoms with Gasteiger partial charge in [-0.25, -0.2) is 14.4 Å². The van der Waals surface area contributed by atoms with Gasteiger partial charge in [0.05, 0.1) is 0 Å². The number of anilines is 2. The summed E-state index contributed by atoms with van der Waals surface area (Å²) in [6.07, 6.45) is 4.69. The zero-order valence-corrected chi connectivity index (χ0v) is 13.0. The highest BCUT2D eigenvalue weighted by atomic mass is 19.1. The van der Waals surface area contributed by atoms with Crippen LogP contribution in [0.15, 0.2) is 30.3 Å². The standard InChI is InChI=1S/C17H19FN4O/c1-11-19-15(10-16(20-11)21-13-4-2-3-5-13)17(23)22-14-8-6-12(18)7-9-14/h6-10,13H,2-5H2,1H3,(H,22,23)(H,19,20,21). The second-order valence-corrected chi connectivity index (χ2v) is 5.77. The predicted octanol–water partition coefficient (Wildman–Crippen LogP) is 3.53. The maximum absolute atomic E-state index is 12.9. The average molecular weight is 314 g/mol. The van der Waals surface area contributed by atoms with E-state index in [1.165, 1.54) is 37.1 Å². The molecule has 0 radical (unpaired) electrons. The maximum Gasteiger partial charge on any atom is 0.274 e. The Labute approximate surface area is 134 Å². The van der Waals surface area contributed by atoms with Crippen molar-refractivity contribution in [3.05, 3.63) is 47.7 Å². The first-order valence-electron chi connectivity index (χ1n) is 7.79. The lowest BCUT2D eigenvalue weighted by Gasteiger charge is -2.14. The Balaban J connectivity index is 1.74. The lowest BCUT2D eigenvalue weighted by Crippen LogP contribution is -2.19. The minimum atomic E-state index is -0.344. The molecule has 3 rings (SSSR count). The molecule has 0 unspecified atom stereocenters. The highest BCUT2D eigenvalue weighted by molar-refractivity contribution is 6.03. The van der Waals surface area contributed by atoms with Crippen LogP contribution >= 0.6 is 0 Å². The molecule has 1 amide bonds. The van der Waals surface area contributed by atoms with Gasteiger partial charge in [0.2, 0.25) is 0 Å². The second kappa shape index (κ2) is 6.73. The fraction of sp³-hybridized carbons (Fsp3) is 0.353. The van der Waals surface area contributed by atoms with E-state index in [1.807, 2.05) is 0 Å². The van der Waals surface area contributed by atoms with E-state index in [1.54, 1.807) is 13.0 Å². The number of carbonyl (C=O) groups is 1. The molecule has 0 saturated heterocycles. The molecule has 6 heteroatoms. The second-order valence-electron chi connectivity index (χ2n) is 5.77. The summed E-state index contributed by atoms with van der Waals surface area (Å²) in [6, 6.07) is 7.70. The highest BCUT2D eigenvalue weighted by Gasteiger charge is 2.17. The van der Waals surface area contributed by atoms with Gasteiger partial charge in [-0.3, -0.25) is 4.79 Å². The SMILES string of the molecule is Cc1nc(NC2CCCC2)cc(C(=O)Nc2ccc(F)cc2)n1. The van der Waals surface area contributed by atoms with Crippen LogP contribution in [0.5, 0.6) is 0 Å². The summed E-state index contributed by atoms with van der Waals surface area (Å²) in [6.45, 7) is 1.76. The third-order valence-electron chi connectivity index (χ3n) is 3.88. The molecule has 1 aromatic carbocycles. The van der Waals surface area contributed by atoms with Crippen LogP contribution in [0.1, 0.15) is 42.0 Å². The van der Waals surface area contributed by atoms with Crippen LogP contribution in [0, 0.1) is 12.7 Å². The maximum atomic E-state index is 12.9. The van der Waals surface area contributed by atoms with Crippen LogP contribution in [0.2, 0.25) is 0 Å². The molecular weight excluding hydrogens is 295 g/mol. The van der Waals surface area contributed by atoms with E-state index < -0.39 is 0 Å². The molecule has 1 aliphatic carbocycles. The molecule has 2 aromatic rings. The number of hydrogen-bond acceptors (Lipinski definition) is 4. The van der Waals surface area contributed by atoms with Crippen molar-refractivity contribution in [1.82, 2.24) is 9.97 Å². The Bertz CT molecular complexity index is 696. The van der Waals surface area contributed by atoms with Crippen molar-refractivity contribution < 1.29 is 9.18 Å². The number of nitrogens with zero attached hydrogens (tertiary/aromatic N) is 2. The molecule has 0 aliphatic heterocycles. The molecule has 0 atom stereocenters.